The van der Waals surface area contributed by atoms with Gasteiger partial charge in [0.15, 0.2) is 18.1 Å². The van der Waals surface area contributed by atoms with E-state index < -0.39 is 18.4 Å². The number of hydrogen-bond donors (Lipinski definition) is 1. The summed E-state index contributed by atoms with van der Waals surface area (Å²) in [6, 6.07) is 6.27. The summed E-state index contributed by atoms with van der Waals surface area (Å²) in [6.45, 7) is 1.73. The molecule has 0 bridgehead atoms. The van der Waals surface area contributed by atoms with Gasteiger partial charge in [-0.1, -0.05) is 0 Å². The van der Waals surface area contributed by atoms with Gasteiger partial charge in [-0.15, -0.1) is 0 Å². The lowest BCUT2D eigenvalue weighted by Crippen LogP contribution is -2.18. The molecule has 7 heteroatoms. The third kappa shape index (κ3) is 3.35. The zero-order chi connectivity index (χ0) is 16.1. The molecule has 1 heterocycles. The Balaban J connectivity index is 2.03. The van der Waals surface area contributed by atoms with Gasteiger partial charge < -0.3 is 19.9 Å². The normalized spacial score (nSPS) is 13.6. The number of nitriles is 1. The van der Waals surface area contributed by atoms with E-state index >= 15 is 0 Å². The zero-order valence-electron chi connectivity index (χ0n) is 11.9. The number of carbonyl (C=O) groups excluding carboxylic acids is 2. The van der Waals surface area contributed by atoms with Crippen LogP contribution in [0.4, 0.5) is 0 Å². The minimum absolute atomic E-state index is 0.0860. The molecule has 22 heavy (non-hydrogen) atoms. The Bertz CT molecular complexity index is 684. The molecule has 7 nitrogen and oxygen atoms in total. The van der Waals surface area contributed by atoms with Gasteiger partial charge in [-0.05, 0) is 25.1 Å². The van der Waals surface area contributed by atoms with Crippen molar-refractivity contribution in [1.82, 2.24) is 0 Å². The largest absolute Gasteiger partial charge is 0.486 e. The highest BCUT2D eigenvalue weighted by atomic mass is 16.6. The van der Waals surface area contributed by atoms with Crippen molar-refractivity contribution >= 4 is 11.8 Å². The van der Waals surface area contributed by atoms with Gasteiger partial charge in [0.1, 0.15) is 24.9 Å². The minimum Gasteiger partial charge on any atom is -0.486 e. The molecule has 1 aromatic carbocycles. The molecule has 114 valence electrons. The monoisotopic (exact) mass is 302 g/mol. The first-order valence-electron chi connectivity index (χ1n) is 6.49. The van der Waals surface area contributed by atoms with E-state index in [-0.39, 0.29) is 16.8 Å². The second-order valence-electron chi connectivity index (χ2n) is 4.53. The van der Waals surface area contributed by atoms with E-state index in [0.29, 0.717) is 24.7 Å². The molecule has 0 fully saturated rings. The number of nitrogens with two attached hydrogens (primary N) is 1. The number of benzene rings is 1. The van der Waals surface area contributed by atoms with Crippen molar-refractivity contribution in [2.45, 2.75) is 6.92 Å². The van der Waals surface area contributed by atoms with Gasteiger partial charge in [0.2, 0.25) is 5.78 Å². The lowest BCUT2D eigenvalue weighted by molar-refractivity contribution is -0.118. The van der Waals surface area contributed by atoms with E-state index in [4.69, 9.17) is 25.2 Å². The van der Waals surface area contributed by atoms with E-state index in [9.17, 15) is 9.59 Å². The molecule has 0 aliphatic carbocycles. The number of hydrogen-bond acceptors (Lipinski definition) is 7. The third-order valence-electron chi connectivity index (χ3n) is 2.90. The first-order chi connectivity index (χ1) is 10.5. The molecule has 0 amide bonds. The number of carbonyl (C=O) groups is 2. The number of ketones is 1. The van der Waals surface area contributed by atoms with Crippen molar-refractivity contribution in [2.75, 3.05) is 19.8 Å². The van der Waals surface area contributed by atoms with Gasteiger partial charge in [-0.2, -0.15) is 5.26 Å². The number of Topliss-reactive ketones (excluding diaryl/α,β-unsaturated/α-hetero) is 1. The Hall–Kier alpha value is -3.01. The molecule has 0 spiro atoms. The summed E-state index contributed by atoms with van der Waals surface area (Å²) < 4.78 is 15.6. The van der Waals surface area contributed by atoms with Crippen LogP contribution in [0.2, 0.25) is 0 Å². The summed E-state index contributed by atoms with van der Waals surface area (Å²) in [5.41, 5.74) is 5.51. The van der Waals surface area contributed by atoms with Crippen molar-refractivity contribution in [3.63, 3.8) is 0 Å². The van der Waals surface area contributed by atoms with Crippen LogP contribution in [-0.2, 0) is 9.53 Å². The molecule has 2 rings (SSSR count). The van der Waals surface area contributed by atoms with Crippen LogP contribution in [0, 0.1) is 11.3 Å². The number of allylic oxidation sites excluding steroid dienone is 1. The van der Waals surface area contributed by atoms with Crippen molar-refractivity contribution < 1.29 is 23.8 Å². The van der Waals surface area contributed by atoms with Crippen LogP contribution >= 0.6 is 0 Å². The smallest absolute Gasteiger partial charge is 0.338 e. The molecular formula is C15H14N2O5. The second-order valence-corrected chi connectivity index (χ2v) is 4.53. The standard InChI is InChI=1S/C15H14N2O5/c1-9(17)11(7-16)12(18)8-22-15(19)10-2-3-13-14(6-10)21-5-4-20-13/h2-3,6H,4-5,8,17H2,1H3/b11-9-. The predicted molar refractivity (Wildman–Crippen MR) is 75.2 cm³/mol. The molecule has 0 saturated heterocycles. The van der Waals surface area contributed by atoms with E-state index in [1.165, 1.54) is 19.1 Å². The highest BCUT2D eigenvalue weighted by Crippen LogP contribution is 2.30. The first-order valence-corrected chi connectivity index (χ1v) is 6.49. The highest BCUT2D eigenvalue weighted by Gasteiger charge is 2.18. The molecular weight excluding hydrogens is 288 g/mol. The number of rotatable bonds is 4. The van der Waals surface area contributed by atoms with E-state index in [1.807, 2.05) is 0 Å². The maximum Gasteiger partial charge on any atom is 0.338 e. The molecule has 0 radical (unpaired) electrons. The Morgan fingerprint density at radius 3 is 2.64 bits per heavy atom. The molecule has 1 aromatic rings. The van der Waals surface area contributed by atoms with Crippen molar-refractivity contribution in [2.24, 2.45) is 5.73 Å². The number of fused-ring (bicyclic) bond motifs is 1. The van der Waals surface area contributed by atoms with Crippen LogP contribution < -0.4 is 15.2 Å². The molecule has 2 N–H and O–H groups in total. The van der Waals surface area contributed by atoms with Gasteiger partial charge >= 0.3 is 5.97 Å². The summed E-state index contributed by atoms with van der Waals surface area (Å²) >= 11 is 0. The topological polar surface area (TPSA) is 112 Å². The maximum atomic E-state index is 11.9. The number of esters is 1. The Kier molecular flexibility index (Phi) is 4.63. The number of ether oxygens (including phenoxy) is 3. The van der Waals surface area contributed by atoms with Crippen molar-refractivity contribution in [3.05, 3.63) is 35.0 Å². The van der Waals surface area contributed by atoms with Gasteiger partial charge in [0, 0.05) is 5.70 Å². The maximum absolute atomic E-state index is 11.9. The Labute approximate surface area is 126 Å². The minimum atomic E-state index is -0.697. The van der Waals surface area contributed by atoms with Crippen LogP contribution in [0.15, 0.2) is 29.5 Å². The molecule has 0 unspecified atom stereocenters. The highest BCUT2D eigenvalue weighted by molar-refractivity contribution is 6.02. The average molecular weight is 302 g/mol. The van der Waals surface area contributed by atoms with Gasteiger partial charge in [0.25, 0.3) is 0 Å². The Morgan fingerprint density at radius 1 is 1.32 bits per heavy atom. The molecule has 0 aromatic heterocycles. The first kappa shape index (κ1) is 15.4. The predicted octanol–water partition coefficient (Wildman–Crippen LogP) is 0.940. The summed E-state index contributed by atoms with van der Waals surface area (Å²) in [5.74, 6) is -0.347. The molecule has 1 aliphatic rings. The lowest BCUT2D eigenvalue weighted by atomic mass is 10.1. The molecule has 0 saturated carbocycles. The summed E-state index contributed by atoms with van der Waals surface area (Å²) in [4.78, 5) is 23.6. The molecule has 0 atom stereocenters. The third-order valence-corrected chi connectivity index (χ3v) is 2.90. The van der Waals surface area contributed by atoms with Crippen LogP contribution in [-0.4, -0.2) is 31.6 Å². The summed E-state index contributed by atoms with van der Waals surface area (Å²) in [5, 5.41) is 8.80. The fourth-order valence-corrected chi connectivity index (χ4v) is 1.83. The summed E-state index contributed by atoms with van der Waals surface area (Å²) in [6.07, 6.45) is 0. The van der Waals surface area contributed by atoms with Crippen LogP contribution in [0.25, 0.3) is 0 Å². The quantitative estimate of drug-likeness (QED) is 0.500. The number of nitrogens with zero attached hydrogens (tertiary/aromatic N) is 1. The zero-order valence-corrected chi connectivity index (χ0v) is 11.9. The fraction of sp³-hybridized carbons (Fsp3) is 0.267. The summed E-state index contributed by atoms with van der Waals surface area (Å²) in [7, 11) is 0. The van der Waals surface area contributed by atoms with Gasteiger partial charge in [-0.25, -0.2) is 4.79 Å². The van der Waals surface area contributed by atoms with E-state index in [0.717, 1.165) is 0 Å². The lowest BCUT2D eigenvalue weighted by Gasteiger charge is -2.18. The Morgan fingerprint density at radius 2 is 2.00 bits per heavy atom. The second kappa shape index (κ2) is 6.63. The fourth-order valence-electron chi connectivity index (χ4n) is 1.83. The van der Waals surface area contributed by atoms with Crippen molar-refractivity contribution in [1.29, 1.82) is 5.26 Å². The molecule has 1 aliphatic heterocycles. The van der Waals surface area contributed by atoms with Gasteiger partial charge in [-0.3, -0.25) is 4.79 Å². The van der Waals surface area contributed by atoms with Crippen LogP contribution in [0.3, 0.4) is 0 Å². The van der Waals surface area contributed by atoms with E-state index in [1.54, 1.807) is 12.1 Å². The van der Waals surface area contributed by atoms with Crippen LogP contribution in [0.1, 0.15) is 17.3 Å². The van der Waals surface area contributed by atoms with Gasteiger partial charge in [0.05, 0.1) is 5.56 Å². The SMILES string of the molecule is C/C(N)=C(\C#N)C(=O)COC(=O)c1ccc2c(c1)OCCO2. The average Bonchev–Trinajstić information content (AvgIpc) is 2.52. The van der Waals surface area contributed by atoms with Crippen molar-refractivity contribution in [3.8, 4) is 17.6 Å². The van der Waals surface area contributed by atoms with E-state index in [2.05, 4.69) is 0 Å². The van der Waals surface area contributed by atoms with Crippen LogP contribution in [0.5, 0.6) is 11.5 Å².